The quantitative estimate of drug-likeness (QED) is 0.715. The fraction of sp³-hybridized carbons (Fsp3) is 0.500. The molecule has 2 aromatic rings. The van der Waals surface area contributed by atoms with Crippen molar-refractivity contribution in [2.75, 3.05) is 32.1 Å². The number of nitrogens with one attached hydrogen (secondary N) is 1. The lowest BCUT2D eigenvalue weighted by molar-refractivity contribution is -0.0840. The summed E-state index contributed by atoms with van der Waals surface area (Å²) in [7, 11) is 4.15. The maximum absolute atomic E-state index is 6.02. The first-order valence-electron chi connectivity index (χ1n) is 10.1. The fourth-order valence-corrected chi connectivity index (χ4v) is 4.35. The summed E-state index contributed by atoms with van der Waals surface area (Å²) >= 11 is 0. The van der Waals surface area contributed by atoms with Crippen molar-refractivity contribution in [3.63, 3.8) is 0 Å². The van der Waals surface area contributed by atoms with E-state index < -0.39 is 0 Å². The largest absolute Gasteiger partial charge is 0.378 e. The number of hydrogen-bond donors (Lipinski definition) is 1. The van der Waals surface area contributed by atoms with Crippen molar-refractivity contribution in [3.05, 3.63) is 65.7 Å². The number of rotatable bonds is 7. The van der Waals surface area contributed by atoms with Crippen molar-refractivity contribution < 1.29 is 4.74 Å². The first kappa shape index (κ1) is 19.9. The number of ether oxygens (including phenoxy) is 1. The molecule has 1 fully saturated rings. The third kappa shape index (κ3) is 5.12. The molecule has 0 amide bonds. The summed E-state index contributed by atoms with van der Waals surface area (Å²) < 4.78 is 6.02. The van der Waals surface area contributed by atoms with Crippen LogP contribution in [-0.2, 0) is 16.7 Å². The molecule has 0 saturated carbocycles. The molecule has 3 heteroatoms. The summed E-state index contributed by atoms with van der Waals surface area (Å²) in [6.07, 6.45) is 3.31. The predicted molar refractivity (Wildman–Crippen MR) is 114 cm³/mol. The lowest BCUT2D eigenvalue weighted by atomic mass is 9.67. The molecular formula is C24H34N2O. The maximum atomic E-state index is 6.02. The zero-order valence-electron chi connectivity index (χ0n) is 17.3. The van der Waals surface area contributed by atoms with E-state index in [1.165, 1.54) is 16.8 Å². The van der Waals surface area contributed by atoms with Gasteiger partial charge in [0.2, 0.25) is 0 Å². The highest BCUT2D eigenvalue weighted by Crippen LogP contribution is 2.43. The highest BCUT2D eigenvalue weighted by atomic mass is 16.5. The van der Waals surface area contributed by atoms with Crippen molar-refractivity contribution in [2.45, 2.75) is 50.7 Å². The minimum absolute atomic E-state index is 0.0594. The topological polar surface area (TPSA) is 24.5 Å². The van der Waals surface area contributed by atoms with Gasteiger partial charge in [0.15, 0.2) is 0 Å². The molecule has 3 rings (SSSR count). The highest BCUT2D eigenvalue weighted by Gasteiger charge is 2.41. The number of benzene rings is 2. The number of hydrogen-bond acceptors (Lipinski definition) is 3. The third-order valence-electron chi connectivity index (χ3n) is 5.79. The summed E-state index contributed by atoms with van der Waals surface area (Å²) in [5.74, 6) is 0. The Morgan fingerprint density at radius 3 is 2.33 bits per heavy atom. The van der Waals surface area contributed by atoms with Crippen molar-refractivity contribution in [2.24, 2.45) is 0 Å². The Balaban J connectivity index is 1.62. The zero-order chi connectivity index (χ0) is 19.3. The second-order valence-corrected chi connectivity index (χ2v) is 8.67. The number of nitrogens with zero attached hydrogens (tertiary/aromatic N) is 1. The molecule has 146 valence electrons. The van der Waals surface area contributed by atoms with Gasteiger partial charge in [0.1, 0.15) is 0 Å². The molecule has 1 aliphatic rings. The van der Waals surface area contributed by atoms with Crippen LogP contribution in [0, 0.1) is 0 Å². The van der Waals surface area contributed by atoms with Gasteiger partial charge in [0.05, 0.1) is 5.60 Å². The predicted octanol–water partition coefficient (Wildman–Crippen LogP) is 4.76. The zero-order valence-corrected chi connectivity index (χ0v) is 17.3. The lowest BCUT2D eigenvalue weighted by Gasteiger charge is -2.45. The Morgan fingerprint density at radius 1 is 1.00 bits per heavy atom. The Hall–Kier alpha value is -1.84. The van der Waals surface area contributed by atoms with Gasteiger partial charge in [-0.15, -0.1) is 0 Å². The van der Waals surface area contributed by atoms with Gasteiger partial charge >= 0.3 is 0 Å². The second-order valence-electron chi connectivity index (χ2n) is 8.67. The minimum Gasteiger partial charge on any atom is -0.378 e. The average Bonchev–Trinajstić information content (AvgIpc) is 2.65. The van der Waals surface area contributed by atoms with Crippen LogP contribution in [0.5, 0.6) is 0 Å². The number of anilines is 1. The highest BCUT2D eigenvalue weighted by molar-refractivity contribution is 5.45. The van der Waals surface area contributed by atoms with E-state index in [-0.39, 0.29) is 11.0 Å². The molecule has 1 heterocycles. The molecule has 1 N–H and O–H groups in total. The van der Waals surface area contributed by atoms with Crippen molar-refractivity contribution in [3.8, 4) is 0 Å². The van der Waals surface area contributed by atoms with Gasteiger partial charge in [0, 0.05) is 38.3 Å². The maximum Gasteiger partial charge on any atom is 0.0635 e. The minimum atomic E-state index is -0.0594. The van der Waals surface area contributed by atoms with Gasteiger partial charge in [-0.25, -0.2) is 0 Å². The lowest BCUT2D eigenvalue weighted by Crippen LogP contribution is -2.45. The smallest absolute Gasteiger partial charge is 0.0635 e. The molecular weight excluding hydrogens is 332 g/mol. The molecule has 1 saturated heterocycles. The molecule has 0 aliphatic carbocycles. The van der Waals surface area contributed by atoms with Gasteiger partial charge in [-0.3, -0.25) is 0 Å². The van der Waals surface area contributed by atoms with Crippen LogP contribution in [0.1, 0.15) is 44.2 Å². The molecule has 1 atom stereocenters. The normalized spacial score (nSPS) is 21.8. The summed E-state index contributed by atoms with van der Waals surface area (Å²) in [5.41, 5.74) is 4.17. The van der Waals surface area contributed by atoms with Gasteiger partial charge < -0.3 is 15.0 Å². The van der Waals surface area contributed by atoms with Gasteiger partial charge in [-0.05, 0) is 62.9 Å². The van der Waals surface area contributed by atoms with Crippen molar-refractivity contribution >= 4 is 5.69 Å². The van der Waals surface area contributed by atoms with E-state index in [1.807, 2.05) is 0 Å². The standard InChI is InChI=1S/C24H34N2O/c1-23(2)19-24(15-17-27-23,21-8-6-5-7-9-21)14-16-25-18-20-10-12-22(13-11-20)26(3)4/h5-13,25H,14-19H2,1-4H3/t24-/m0/s1. The van der Waals surface area contributed by atoms with Crippen molar-refractivity contribution in [1.29, 1.82) is 0 Å². The molecule has 0 unspecified atom stereocenters. The van der Waals surface area contributed by atoms with E-state index in [4.69, 9.17) is 4.74 Å². The Morgan fingerprint density at radius 2 is 1.70 bits per heavy atom. The van der Waals surface area contributed by atoms with Crippen LogP contribution >= 0.6 is 0 Å². The van der Waals surface area contributed by atoms with Crippen LogP contribution in [0.25, 0.3) is 0 Å². The van der Waals surface area contributed by atoms with E-state index in [0.717, 1.165) is 39.0 Å². The Kier molecular flexibility index (Phi) is 6.23. The summed E-state index contributed by atoms with van der Waals surface area (Å²) in [6, 6.07) is 19.8. The fourth-order valence-electron chi connectivity index (χ4n) is 4.35. The van der Waals surface area contributed by atoms with E-state index in [2.05, 4.69) is 92.8 Å². The van der Waals surface area contributed by atoms with Crippen LogP contribution in [0.4, 0.5) is 5.69 Å². The van der Waals surface area contributed by atoms with Gasteiger partial charge in [-0.1, -0.05) is 42.5 Å². The molecule has 0 radical (unpaired) electrons. The summed E-state index contributed by atoms with van der Waals surface area (Å²) in [4.78, 5) is 2.13. The molecule has 0 aromatic heterocycles. The first-order valence-corrected chi connectivity index (χ1v) is 10.1. The average molecular weight is 367 g/mol. The van der Waals surface area contributed by atoms with Gasteiger partial charge in [0.25, 0.3) is 0 Å². The SMILES string of the molecule is CN(C)c1ccc(CNCC[C@]2(c3ccccc3)CCOC(C)(C)C2)cc1. The van der Waals surface area contributed by atoms with Crippen molar-refractivity contribution in [1.82, 2.24) is 5.32 Å². The van der Waals surface area contributed by atoms with E-state index >= 15 is 0 Å². The summed E-state index contributed by atoms with van der Waals surface area (Å²) in [5, 5.41) is 3.67. The molecule has 0 bridgehead atoms. The Labute approximate surface area is 164 Å². The summed E-state index contributed by atoms with van der Waals surface area (Å²) in [6.45, 7) is 7.22. The van der Waals surface area contributed by atoms with Crippen LogP contribution in [0.2, 0.25) is 0 Å². The molecule has 0 spiro atoms. The molecule has 2 aromatic carbocycles. The molecule has 3 nitrogen and oxygen atoms in total. The first-order chi connectivity index (χ1) is 12.9. The molecule has 1 aliphatic heterocycles. The second kappa shape index (κ2) is 8.45. The van der Waals surface area contributed by atoms with E-state index in [0.29, 0.717) is 0 Å². The molecule has 27 heavy (non-hydrogen) atoms. The monoisotopic (exact) mass is 366 g/mol. The van der Waals surface area contributed by atoms with Crippen LogP contribution < -0.4 is 10.2 Å². The Bertz CT molecular complexity index is 709. The third-order valence-corrected chi connectivity index (χ3v) is 5.79. The van der Waals surface area contributed by atoms with Crippen LogP contribution in [0.3, 0.4) is 0 Å². The van der Waals surface area contributed by atoms with E-state index in [9.17, 15) is 0 Å². The van der Waals surface area contributed by atoms with Crippen LogP contribution in [-0.4, -0.2) is 32.8 Å². The van der Waals surface area contributed by atoms with Crippen LogP contribution in [0.15, 0.2) is 54.6 Å². The van der Waals surface area contributed by atoms with Gasteiger partial charge in [-0.2, -0.15) is 0 Å². The van der Waals surface area contributed by atoms with E-state index in [1.54, 1.807) is 0 Å².